The molecule has 1 atom stereocenters. The molecule has 0 bridgehead atoms. The topological polar surface area (TPSA) is 107 Å². The number of fused-ring (bicyclic) bond motifs is 4. The monoisotopic (exact) mass is 452 g/mol. The van der Waals surface area contributed by atoms with E-state index in [1.807, 2.05) is 6.07 Å². The Bertz CT molecular complexity index is 1730. The maximum absolute atomic E-state index is 13.4. The molecule has 0 saturated carbocycles. The Balaban J connectivity index is 1.64. The van der Waals surface area contributed by atoms with Crippen molar-refractivity contribution in [1.29, 1.82) is 0 Å². The Morgan fingerprint density at radius 3 is 2.44 bits per heavy atom. The maximum atomic E-state index is 13.4. The molecule has 6 rings (SSSR count). The van der Waals surface area contributed by atoms with Gasteiger partial charge in [0.15, 0.2) is 5.43 Å². The van der Waals surface area contributed by atoms with Gasteiger partial charge >= 0.3 is 5.97 Å². The van der Waals surface area contributed by atoms with Gasteiger partial charge in [-0.2, -0.15) is 0 Å². The second-order valence-electron chi connectivity index (χ2n) is 8.10. The van der Waals surface area contributed by atoms with Gasteiger partial charge in [-0.1, -0.05) is 42.5 Å². The molecule has 1 aliphatic rings. The number of hydrogen-bond acceptors (Lipinski definition) is 7. The number of phenolic OH excluding ortho intramolecular Hbond substituents is 1. The third-order valence-corrected chi connectivity index (χ3v) is 6.14. The van der Waals surface area contributed by atoms with Crippen LogP contribution < -0.4 is 15.6 Å². The smallest absolute Gasteiger partial charge is 0.312 e. The summed E-state index contributed by atoms with van der Waals surface area (Å²) in [6, 6.07) is 17.0. The molecular weight excluding hydrogens is 436 g/mol. The molecule has 34 heavy (non-hydrogen) atoms. The van der Waals surface area contributed by atoms with E-state index in [-0.39, 0.29) is 45.4 Å². The first-order valence-corrected chi connectivity index (χ1v) is 10.6. The molecule has 2 aromatic heterocycles. The van der Waals surface area contributed by atoms with E-state index < -0.39 is 17.3 Å². The van der Waals surface area contributed by atoms with Gasteiger partial charge in [-0.15, -0.1) is 0 Å². The molecule has 0 aliphatic carbocycles. The van der Waals surface area contributed by atoms with E-state index >= 15 is 0 Å². The summed E-state index contributed by atoms with van der Waals surface area (Å²) in [6.07, 6.45) is 2.49. The number of phenols is 1. The molecule has 0 fully saturated rings. The first-order chi connectivity index (χ1) is 16.5. The van der Waals surface area contributed by atoms with E-state index in [1.54, 1.807) is 48.5 Å². The summed E-state index contributed by atoms with van der Waals surface area (Å²) in [7, 11) is 0. The largest absolute Gasteiger partial charge is 0.507 e. The van der Waals surface area contributed by atoms with E-state index in [2.05, 4.69) is 0 Å². The van der Waals surface area contributed by atoms with Crippen LogP contribution in [0.25, 0.3) is 33.1 Å². The molecule has 5 aromatic rings. The number of aromatic hydroxyl groups is 1. The average Bonchev–Trinajstić information content (AvgIpc) is 2.84. The number of carbonyl (C=O) groups excluding carboxylic acids is 1. The minimum Gasteiger partial charge on any atom is -0.507 e. The zero-order chi connectivity index (χ0) is 23.4. The summed E-state index contributed by atoms with van der Waals surface area (Å²) in [5.41, 5.74) is 1.23. The highest BCUT2D eigenvalue weighted by Crippen LogP contribution is 2.45. The molecule has 0 radical (unpaired) electrons. The maximum Gasteiger partial charge on any atom is 0.312 e. The van der Waals surface area contributed by atoms with Crippen molar-refractivity contribution in [2.75, 3.05) is 0 Å². The summed E-state index contributed by atoms with van der Waals surface area (Å²) in [5.74, 6) is -1.70. The lowest BCUT2D eigenvalue weighted by Crippen LogP contribution is -2.25. The molecule has 1 N–H and O–H groups in total. The Morgan fingerprint density at radius 2 is 1.62 bits per heavy atom. The molecular formula is C27H16O7. The van der Waals surface area contributed by atoms with Crippen LogP contribution in [0.3, 0.4) is 0 Å². The van der Waals surface area contributed by atoms with Crippen LogP contribution in [0.1, 0.15) is 23.5 Å². The van der Waals surface area contributed by atoms with E-state index in [0.717, 1.165) is 0 Å². The predicted octanol–water partition coefficient (Wildman–Crippen LogP) is 4.71. The van der Waals surface area contributed by atoms with Crippen LogP contribution in [0.15, 0.2) is 91.6 Å². The number of hydrogen-bond donors (Lipinski definition) is 1. The summed E-state index contributed by atoms with van der Waals surface area (Å²) in [4.78, 5) is 39.1. The molecule has 1 aliphatic heterocycles. The number of ether oxygens (including phenoxy) is 1. The lowest BCUT2D eigenvalue weighted by molar-refractivity contribution is -0.135. The van der Waals surface area contributed by atoms with E-state index in [0.29, 0.717) is 22.1 Å². The summed E-state index contributed by atoms with van der Waals surface area (Å²) in [6.45, 7) is 0. The van der Waals surface area contributed by atoms with Gasteiger partial charge in [0.05, 0.1) is 23.6 Å². The molecule has 0 saturated heterocycles. The van der Waals surface area contributed by atoms with Gasteiger partial charge in [-0.05, 0) is 17.7 Å². The Hall–Kier alpha value is -4.65. The van der Waals surface area contributed by atoms with Crippen molar-refractivity contribution < 1.29 is 23.5 Å². The lowest BCUT2D eigenvalue weighted by atomic mass is 9.85. The van der Waals surface area contributed by atoms with E-state index in [9.17, 15) is 19.5 Å². The second-order valence-corrected chi connectivity index (χ2v) is 8.10. The molecule has 7 heteroatoms. The van der Waals surface area contributed by atoms with Gasteiger partial charge < -0.3 is 18.7 Å². The number of rotatable bonds is 2. The highest BCUT2D eigenvalue weighted by Gasteiger charge is 2.35. The molecule has 3 aromatic carbocycles. The Morgan fingerprint density at radius 1 is 0.853 bits per heavy atom. The van der Waals surface area contributed by atoms with Crippen molar-refractivity contribution in [3.05, 3.63) is 105 Å². The molecule has 1 unspecified atom stereocenters. The minimum absolute atomic E-state index is 0.0365. The van der Waals surface area contributed by atoms with E-state index in [1.165, 1.54) is 18.6 Å². The van der Waals surface area contributed by atoms with Gasteiger partial charge in [0.2, 0.25) is 5.43 Å². The van der Waals surface area contributed by atoms with Crippen molar-refractivity contribution >= 4 is 27.9 Å². The second kappa shape index (κ2) is 7.45. The van der Waals surface area contributed by atoms with Crippen molar-refractivity contribution in [3.8, 4) is 22.6 Å². The van der Waals surface area contributed by atoms with Crippen LogP contribution in [-0.2, 0) is 4.79 Å². The molecule has 7 nitrogen and oxygen atoms in total. The van der Waals surface area contributed by atoms with Gasteiger partial charge in [-0.25, -0.2) is 0 Å². The normalized spacial score (nSPS) is 15.3. The quantitative estimate of drug-likeness (QED) is 0.305. The zero-order valence-electron chi connectivity index (χ0n) is 17.6. The van der Waals surface area contributed by atoms with Crippen LogP contribution in [0.2, 0.25) is 0 Å². The van der Waals surface area contributed by atoms with E-state index in [4.69, 9.17) is 13.6 Å². The van der Waals surface area contributed by atoms with Crippen molar-refractivity contribution in [2.45, 2.75) is 12.3 Å². The number of carbonyl (C=O) groups is 1. The van der Waals surface area contributed by atoms with Crippen molar-refractivity contribution in [2.24, 2.45) is 0 Å². The van der Waals surface area contributed by atoms with Gasteiger partial charge in [0.1, 0.15) is 34.3 Å². The Labute approximate surface area is 191 Å². The van der Waals surface area contributed by atoms with Crippen molar-refractivity contribution in [1.82, 2.24) is 0 Å². The SMILES string of the molecule is O=C1CC(c2coc3ccccc3c2=O)c2c(cc(O)c3c(=O)c(-c4ccccc4)coc23)O1. The van der Waals surface area contributed by atoms with Crippen LogP contribution in [0.4, 0.5) is 0 Å². The number of benzene rings is 3. The summed E-state index contributed by atoms with van der Waals surface area (Å²) >= 11 is 0. The highest BCUT2D eigenvalue weighted by molar-refractivity contribution is 5.94. The first kappa shape index (κ1) is 20.0. The number of para-hydroxylation sites is 1. The van der Waals surface area contributed by atoms with Gasteiger partial charge in [0, 0.05) is 23.1 Å². The standard InChI is InChI=1S/C27H16O7/c28-19-11-21-23(27-24(19)26(31)17(12-33-27)14-6-2-1-3-7-14)16(10-22(29)34-21)18-13-32-20-9-5-4-8-15(20)25(18)30/h1-9,11-13,16,28H,10H2. The zero-order valence-corrected chi connectivity index (χ0v) is 17.6. The third-order valence-electron chi connectivity index (χ3n) is 6.14. The average molecular weight is 452 g/mol. The molecule has 0 amide bonds. The Kier molecular flexibility index (Phi) is 4.38. The fraction of sp³-hybridized carbons (Fsp3) is 0.0741. The van der Waals surface area contributed by atoms with Crippen LogP contribution in [0, 0.1) is 0 Å². The molecule has 0 spiro atoms. The third kappa shape index (κ3) is 2.94. The van der Waals surface area contributed by atoms with Crippen LogP contribution in [-0.4, -0.2) is 11.1 Å². The lowest BCUT2D eigenvalue weighted by Gasteiger charge is -2.25. The molecule has 166 valence electrons. The minimum atomic E-state index is -0.786. The highest BCUT2D eigenvalue weighted by atomic mass is 16.5. The molecule has 3 heterocycles. The fourth-order valence-electron chi connectivity index (χ4n) is 4.55. The van der Waals surface area contributed by atoms with Crippen LogP contribution >= 0.6 is 0 Å². The number of esters is 1. The summed E-state index contributed by atoms with van der Waals surface area (Å²) in [5, 5.41) is 11.0. The van der Waals surface area contributed by atoms with Crippen molar-refractivity contribution in [3.63, 3.8) is 0 Å². The van der Waals surface area contributed by atoms with Crippen LogP contribution in [0.5, 0.6) is 11.5 Å². The first-order valence-electron chi connectivity index (χ1n) is 10.6. The fourth-order valence-corrected chi connectivity index (χ4v) is 4.55. The van der Waals surface area contributed by atoms with Gasteiger partial charge in [0.25, 0.3) is 0 Å². The van der Waals surface area contributed by atoms with Gasteiger partial charge in [-0.3, -0.25) is 14.4 Å². The predicted molar refractivity (Wildman–Crippen MR) is 124 cm³/mol. The summed E-state index contributed by atoms with van der Waals surface area (Å²) < 4.78 is 16.9.